The van der Waals surface area contributed by atoms with Crippen LogP contribution in [0.4, 0.5) is 5.13 Å². The monoisotopic (exact) mass is 241 g/mol. The van der Waals surface area contributed by atoms with E-state index >= 15 is 0 Å². The predicted molar refractivity (Wildman–Crippen MR) is 66.3 cm³/mol. The molecule has 1 fully saturated rings. The van der Waals surface area contributed by atoms with Crippen molar-refractivity contribution in [2.45, 2.75) is 32.6 Å². The molecule has 1 aromatic heterocycles. The molecular weight excluding hydrogens is 222 g/mol. The molecule has 0 spiro atoms. The summed E-state index contributed by atoms with van der Waals surface area (Å²) in [6.07, 6.45) is 1.09. The molecule has 0 unspecified atom stereocenters. The maximum Gasteiger partial charge on any atom is 0.208 e. The fourth-order valence-electron chi connectivity index (χ4n) is 1.52. The van der Waals surface area contributed by atoms with Gasteiger partial charge < -0.3 is 9.64 Å². The van der Waals surface area contributed by atoms with Crippen molar-refractivity contribution in [3.63, 3.8) is 0 Å². The fourth-order valence-corrected chi connectivity index (χ4v) is 2.59. The predicted octanol–water partition coefficient (Wildman–Crippen LogP) is 2.06. The van der Waals surface area contributed by atoms with Crippen LogP contribution in [0.2, 0.25) is 0 Å². The molecule has 16 heavy (non-hydrogen) atoms. The maximum absolute atomic E-state index is 5.33. The first-order valence-electron chi connectivity index (χ1n) is 5.80. The third kappa shape index (κ3) is 2.35. The van der Waals surface area contributed by atoms with Crippen molar-refractivity contribution in [2.75, 3.05) is 31.2 Å². The van der Waals surface area contributed by atoms with E-state index in [1.165, 1.54) is 0 Å². The number of aromatic nitrogens is 2. The van der Waals surface area contributed by atoms with Gasteiger partial charge in [-0.2, -0.15) is 0 Å². The number of rotatable bonds is 3. The molecule has 0 bridgehead atoms. The van der Waals surface area contributed by atoms with Gasteiger partial charge in [-0.15, -0.1) is 10.2 Å². The molecular formula is C11H19N3OS. The lowest BCUT2D eigenvalue weighted by Crippen LogP contribution is -2.36. The minimum Gasteiger partial charge on any atom is -0.378 e. The molecule has 0 aromatic carbocycles. The van der Waals surface area contributed by atoms with Gasteiger partial charge in [-0.1, -0.05) is 32.1 Å². The summed E-state index contributed by atoms with van der Waals surface area (Å²) in [5.74, 6) is 0. The van der Waals surface area contributed by atoms with Gasteiger partial charge in [-0.25, -0.2) is 0 Å². The van der Waals surface area contributed by atoms with E-state index < -0.39 is 0 Å². The van der Waals surface area contributed by atoms with Gasteiger partial charge in [0.15, 0.2) is 0 Å². The summed E-state index contributed by atoms with van der Waals surface area (Å²) < 4.78 is 5.33. The van der Waals surface area contributed by atoms with Gasteiger partial charge in [0.05, 0.1) is 13.2 Å². The Morgan fingerprint density at radius 2 is 2.00 bits per heavy atom. The SMILES string of the molecule is CCC(C)(C)c1nnc(N2CCOCC2)s1. The van der Waals surface area contributed by atoms with Crippen molar-refractivity contribution in [1.82, 2.24) is 10.2 Å². The Morgan fingerprint density at radius 1 is 1.31 bits per heavy atom. The Labute approximate surface area is 101 Å². The van der Waals surface area contributed by atoms with Gasteiger partial charge in [-0.3, -0.25) is 0 Å². The van der Waals surface area contributed by atoms with E-state index in [0.29, 0.717) is 0 Å². The zero-order valence-electron chi connectivity index (χ0n) is 10.2. The van der Waals surface area contributed by atoms with Crippen molar-refractivity contribution < 1.29 is 4.74 Å². The number of morpholine rings is 1. The zero-order chi connectivity index (χ0) is 11.6. The van der Waals surface area contributed by atoms with Crippen molar-refractivity contribution >= 4 is 16.5 Å². The normalized spacial score (nSPS) is 17.8. The Hall–Kier alpha value is -0.680. The highest BCUT2D eigenvalue weighted by molar-refractivity contribution is 7.15. The van der Waals surface area contributed by atoms with Gasteiger partial charge in [0.1, 0.15) is 5.01 Å². The van der Waals surface area contributed by atoms with Crippen molar-refractivity contribution in [3.8, 4) is 0 Å². The molecule has 4 nitrogen and oxygen atoms in total. The molecule has 1 aliphatic heterocycles. The molecule has 0 N–H and O–H groups in total. The minimum atomic E-state index is 0.141. The van der Waals surface area contributed by atoms with E-state index in [1.54, 1.807) is 11.3 Å². The third-order valence-electron chi connectivity index (χ3n) is 3.16. The lowest BCUT2D eigenvalue weighted by atomic mass is 9.91. The van der Waals surface area contributed by atoms with Gasteiger partial charge in [0.2, 0.25) is 5.13 Å². The van der Waals surface area contributed by atoms with E-state index in [1.807, 2.05) is 0 Å². The smallest absolute Gasteiger partial charge is 0.208 e. The van der Waals surface area contributed by atoms with Crippen LogP contribution in [-0.2, 0) is 10.2 Å². The van der Waals surface area contributed by atoms with Crippen molar-refractivity contribution in [3.05, 3.63) is 5.01 Å². The molecule has 1 saturated heterocycles. The highest BCUT2D eigenvalue weighted by Crippen LogP contribution is 2.32. The number of hydrogen-bond acceptors (Lipinski definition) is 5. The first kappa shape index (κ1) is 11.8. The molecule has 2 heterocycles. The summed E-state index contributed by atoms with van der Waals surface area (Å²) in [7, 11) is 0. The van der Waals surface area contributed by atoms with E-state index in [0.717, 1.165) is 42.9 Å². The molecule has 1 aliphatic rings. The molecule has 1 aromatic rings. The van der Waals surface area contributed by atoms with Crippen LogP contribution in [0.3, 0.4) is 0 Å². The van der Waals surface area contributed by atoms with E-state index in [2.05, 4.69) is 35.9 Å². The largest absolute Gasteiger partial charge is 0.378 e. The van der Waals surface area contributed by atoms with Crippen LogP contribution < -0.4 is 4.90 Å². The Kier molecular flexibility index (Phi) is 3.44. The topological polar surface area (TPSA) is 38.2 Å². The molecule has 0 atom stereocenters. The average molecular weight is 241 g/mol. The molecule has 0 amide bonds. The van der Waals surface area contributed by atoms with Crippen LogP contribution in [0.5, 0.6) is 0 Å². The van der Waals surface area contributed by atoms with E-state index in [9.17, 15) is 0 Å². The van der Waals surface area contributed by atoms with Gasteiger partial charge in [0.25, 0.3) is 0 Å². The molecule has 90 valence electrons. The number of ether oxygens (including phenoxy) is 1. The summed E-state index contributed by atoms with van der Waals surface area (Å²) in [5.41, 5.74) is 0.141. The van der Waals surface area contributed by atoms with Gasteiger partial charge >= 0.3 is 0 Å². The second kappa shape index (κ2) is 4.67. The molecule has 5 heteroatoms. The number of nitrogens with zero attached hydrogens (tertiary/aromatic N) is 3. The summed E-state index contributed by atoms with van der Waals surface area (Å²) in [4.78, 5) is 2.26. The van der Waals surface area contributed by atoms with Crippen LogP contribution >= 0.6 is 11.3 Å². The van der Waals surface area contributed by atoms with Crippen molar-refractivity contribution in [1.29, 1.82) is 0 Å². The third-order valence-corrected chi connectivity index (χ3v) is 4.51. The van der Waals surface area contributed by atoms with Crippen LogP contribution in [-0.4, -0.2) is 36.5 Å². The highest BCUT2D eigenvalue weighted by atomic mass is 32.1. The highest BCUT2D eigenvalue weighted by Gasteiger charge is 2.25. The van der Waals surface area contributed by atoms with Crippen LogP contribution in [0.15, 0.2) is 0 Å². The Balaban J connectivity index is 2.12. The lowest BCUT2D eigenvalue weighted by Gasteiger charge is -2.25. The Morgan fingerprint density at radius 3 is 2.62 bits per heavy atom. The maximum atomic E-state index is 5.33. The summed E-state index contributed by atoms with van der Waals surface area (Å²) in [6.45, 7) is 10.1. The molecule has 0 radical (unpaired) electrons. The van der Waals surface area contributed by atoms with E-state index in [4.69, 9.17) is 4.74 Å². The Bertz CT molecular complexity index is 345. The molecule has 0 saturated carbocycles. The summed E-state index contributed by atoms with van der Waals surface area (Å²) in [5, 5.41) is 10.8. The standard InChI is InChI=1S/C11H19N3OS/c1-4-11(2,3)9-12-13-10(16-9)14-5-7-15-8-6-14/h4-8H2,1-3H3. The number of anilines is 1. The molecule has 0 aliphatic carbocycles. The fraction of sp³-hybridized carbons (Fsp3) is 0.818. The summed E-state index contributed by atoms with van der Waals surface area (Å²) >= 11 is 1.72. The minimum absolute atomic E-state index is 0.141. The van der Waals surface area contributed by atoms with Crippen LogP contribution in [0.25, 0.3) is 0 Å². The van der Waals surface area contributed by atoms with Gasteiger partial charge in [-0.05, 0) is 6.42 Å². The lowest BCUT2D eigenvalue weighted by molar-refractivity contribution is 0.122. The number of hydrogen-bond donors (Lipinski definition) is 0. The first-order valence-corrected chi connectivity index (χ1v) is 6.62. The van der Waals surface area contributed by atoms with Crippen LogP contribution in [0, 0.1) is 0 Å². The first-order chi connectivity index (χ1) is 7.63. The van der Waals surface area contributed by atoms with Crippen molar-refractivity contribution in [2.24, 2.45) is 0 Å². The van der Waals surface area contributed by atoms with E-state index in [-0.39, 0.29) is 5.41 Å². The average Bonchev–Trinajstić information content (AvgIpc) is 2.80. The van der Waals surface area contributed by atoms with Crippen LogP contribution in [0.1, 0.15) is 32.2 Å². The van der Waals surface area contributed by atoms with Gasteiger partial charge in [0, 0.05) is 18.5 Å². The quantitative estimate of drug-likeness (QED) is 0.812. The second-order valence-electron chi connectivity index (χ2n) is 4.73. The summed E-state index contributed by atoms with van der Waals surface area (Å²) in [6, 6.07) is 0. The zero-order valence-corrected chi connectivity index (χ0v) is 11.0. The molecule has 2 rings (SSSR count). The second-order valence-corrected chi connectivity index (χ2v) is 5.68.